The van der Waals surface area contributed by atoms with Gasteiger partial charge in [-0.05, 0) is 24.3 Å². The Morgan fingerprint density at radius 3 is 3.07 bits per heavy atom. The van der Waals surface area contributed by atoms with Gasteiger partial charge in [-0.3, -0.25) is 0 Å². The lowest BCUT2D eigenvalue weighted by atomic mass is 10.2. The molecular formula is C11H8N2S. The predicted octanol–water partition coefficient (Wildman–Crippen LogP) is 3.29. The Morgan fingerprint density at radius 1 is 1.21 bits per heavy atom. The van der Waals surface area contributed by atoms with Gasteiger partial charge >= 0.3 is 0 Å². The van der Waals surface area contributed by atoms with Gasteiger partial charge in [0.2, 0.25) is 0 Å². The minimum absolute atomic E-state index is 1.08. The van der Waals surface area contributed by atoms with Crippen LogP contribution in [0.4, 0.5) is 0 Å². The molecule has 0 unspecified atom stereocenters. The van der Waals surface area contributed by atoms with Crippen molar-refractivity contribution >= 4 is 22.2 Å². The highest BCUT2D eigenvalue weighted by Gasteiger charge is 2.01. The second-order valence-corrected chi connectivity index (χ2v) is 4.01. The molecule has 14 heavy (non-hydrogen) atoms. The second kappa shape index (κ2) is 2.96. The predicted molar refractivity (Wildman–Crippen MR) is 59.4 cm³/mol. The van der Waals surface area contributed by atoms with Gasteiger partial charge in [0.1, 0.15) is 5.01 Å². The summed E-state index contributed by atoms with van der Waals surface area (Å²) in [5, 5.41) is 4.31. The van der Waals surface area contributed by atoms with Crippen LogP contribution in [0, 0.1) is 0 Å². The molecule has 3 rings (SSSR count). The lowest BCUT2D eigenvalue weighted by molar-refractivity contribution is 1.42. The lowest BCUT2D eigenvalue weighted by Gasteiger charge is -1.95. The van der Waals surface area contributed by atoms with Gasteiger partial charge in [-0.15, -0.1) is 11.3 Å². The van der Waals surface area contributed by atoms with Crippen LogP contribution >= 0.6 is 11.3 Å². The highest BCUT2D eigenvalue weighted by atomic mass is 32.1. The van der Waals surface area contributed by atoms with E-state index in [9.17, 15) is 0 Å². The maximum absolute atomic E-state index is 4.29. The molecule has 1 aromatic carbocycles. The second-order valence-electron chi connectivity index (χ2n) is 3.12. The fourth-order valence-electron chi connectivity index (χ4n) is 1.55. The summed E-state index contributed by atoms with van der Waals surface area (Å²) in [6, 6.07) is 8.42. The zero-order valence-corrected chi connectivity index (χ0v) is 8.21. The summed E-state index contributed by atoms with van der Waals surface area (Å²) < 4.78 is 0. The zero-order valence-electron chi connectivity index (χ0n) is 7.40. The number of aromatic nitrogens is 2. The quantitative estimate of drug-likeness (QED) is 0.641. The smallest absolute Gasteiger partial charge is 0.123 e. The highest BCUT2D eigenvalue weighted by Crippen LogP contribution is 2.25. The molecule has 0 aliphatic carbocycles. The number of H-pyrrole nitrogens is 1. The minimum Gasteiger partial charge on any atom is -0.361 e. The van der Waals surface area contributed by atoms with Crippen LogP contribution in [0.5, 0.6) is 0 Å². The topological polar surface area (TPSA) is 28.7 Å². The Hall–Kier alpha value is -1.61. The first-order chi connectivity index (χ1) is 6.93. The van der Waals surface area contributed by atoms with Gasteiger partial charge in [0.05, 0.1) is 0 Å². The van der Waals surface area contributed by atoms with E-state index in [1.807, 2.05) is 17.8 Å². The van der Waals surface area contributed by atoms with Crippen molar-refractivity contribution in [3.05, 3.63) is 42.0 Å². The third-order valence-corrected chi connectivity index (χ3v) is 3.05. The minimum atomic E-state index is 1.08. The van der Waals surface area contributed by atoms with E-state index in [0.717, 1.165) is 5.01 Å². The molecule has 0 atom stereocenters. The van der Waals surface area contributed by atoms with E-state index in [1.54, 1.807) is 11.3 Å². The molecule has 0 spiro atoms. The highest BCUT2D eigenvalue weighted by molar-refractivity contribution is 7.13. The van der Waals surface area contributed by atoms with Crippen molar-refractivity contribution in [2.75, 3.05) is 0 Å². The number of rotatable bonds is 1. The number of aromatic amines is 1. The van der Waals surface area contributed by atoms with Crippen LogP contribution in [-0.2, 0) is 0 Å². The molecule has 68 valence electrons. The summed E-state index contributed by atoms with van der Waals surface area (Å²) in [5.41, 5.74) is 2.36. The number of fused-ring (bicyclic) bond motifs is 1. The van der Waals surface area contributed by atoms with Crippen LogP contribution in [0.3, 0.4) is 0 Å². The Bertz CT molecular complexity index is 551. The third kappa shape index (κ3) is 1.14. The van der Waals surface area contributed by atoms with Gasteiger partial charge in [0.25, 0.3) is 0 Å². The molecule has 0 saturated carbocycles. The molecule has 1 N–H and O–H groups in total. The summed E-state index contributed by atoms with van der Waals surface area (Å²) in [6.07, 6.45) is 3.79. The third-order valence-electron chi connectivity index (χ3n) is 2.23. The van der Waals surface area contributed by atoms with E-state index >= 15 is 0 Å². The molecule has 0 fully saturated rings. The van der Waals surface area contributed by atoms with Gasteiger partial charge in [0.15, 0.2) is 0 Å². The van der Waals surface area contributed by atoms with Gasteiger partial charge in [-0.25, -0.2) is 4.98 Å². The average molecular weight is 200 g/mol. The van der Waals surface area contributed by atoms with Crippen molar-refractivity contribution < 1.29 is 0 Å². The van der Waals surface area contributed by atoms with Crippen molar-refractivity contribution in [1.29, 1.82) is 0 Å². The number of thiazole rings is 1. The molecule has 0 bridgehead atoms. The first-order valence-corrected chi connectivity index (χ1v) is 5.28. The monoisotopic (exact) mass is 200 g/mol. The largest absolute Gasteiger partial charge is 0.361 e. The van der Waals surface area contributed by atoms with Crippen molar-refractivity contribution in [3.63, 3.8) is 0 Å². The standard InChI is InChI=1S/C11H8N2S/c1-2-10-8(3-4-12-10)7-9(1)11-13-5-6-14-11/h1-7,12H. The Balaban J connectivity index is 2.23. The molecule has 0 saturated heterocycles. The van der Waals surface area contributed by atoms with Gasteiger partial charge in [0, 0.05) is 34.2 Å². The Labute approximate surface area is 85.2 Å². The summed E-state index contributed by atoms with van der Waals surface area (Å²) in [6.45, 7) is 0. The fraction of sp³-hybridized carbons (Fsp3) is 0. The van der Waals surface area contributed by atoms with E-state index < -0.39 is 0 Å². The molecule has 2 heterocycles. The van der Waals surface area contributed by atoms with E-state index in [2.05, 4.69) is 34.2 Å². The van der Waals surface area contributed by atoms with Crippen LogP contribution in [0.1, 0.15) is 0 Å². The molecule has 0 aliphatic heterocycles. The normalized spacial score (nSPS) is 10.9. The zero-order chi connectivity index (χ0) is 9.38. The Kier molecular flexibility index (Phi) is 1.64. The van der Waals surface area contributed by atoms with E-state index in [4.69, 9.17) is 0 Å². The molecule has 0 radical (unpaired) electrons. The van der Waals surface area contributed by atoms with Crippen LogP contribution in [0.25, 0.3) is 21.5 Å². The molecule has 0 aliphatic rings. The lowest BCUT2D eigenvalue weighted by Crippen LogP contribution is -1.74. The van der Waals surface area contributed by atoms with Crippen LogP contribution in [0.2, 0.25) is 0 Å². The van der Waals surface area contributed by atoms with Crippen molar-refractivity contribution in [3.8, 4) is 10.6 Å². The van der Waals surface area contributed by atoms with Gasteiger partial charge in [-0.1, -0.05) is 0 Å². The van der Waals surface area contributed by atoms with Gasteiger partial charge in [-0.2, -0.15) is 0 Å². The summed E-state index contributed by atoms with van der Waals surface area (Å²) in [4.78, 5) is 7.46. The molecule has 3 heteroatoms. The van der Waals surface area contributed by atoms with Crippen LogP contribution < -0.4 is 0 Å². The van der Waals surface area contributed by atoms with Gasteiger partial charge < -0.3 is 4.98 Å². The summed E-state index contributed by atoms with van der Waals surface area (Å²) in [5.74, 6) is 0. The van der Waals surface area contributed by atoms with E-state index in [0.29, 0.717) is 0 Å². The number of nitrogens with zero attached hydrogens (tertiary/aromatic N) is 1. The van der Waals surface area contributed by atoms with E-state index in [1.165, 1.54) is 16.5 Å². The maximum atomic E-state index is 4.29. The molecule has 2 aromatic heterocycles. The maximum Gasteiger partial charge on any atom is 0.123 e. The fourth-order valence-corrected chi connectivity index (χ4v) is 2.19. The summed E-state index contributed by atoms with van der Waals surface area (Å²) in [7, 11) is 0. The van der Waals surface area contributed by atoms with Crippen molar-refractivity contribution in [2.24, 2.45) is 0 Å². The van der Waals surface area contributed by atoms with Crippen molar-refractivity contribution in [2.45, 2.75) is 0 Å². The van der Waals surface area contributed by atoms with Crippen LogP contribution in [-0.4, -0.2) is 9.97 Å². The molecule has 0 amide bonds. The first kappa shape index (κ1) is 7.76. The number of hydrogen-bond acceptors (Lipinski definition) is 2. The average Bonchev–Trinajstić information content (AvgIpc) is 2.88. The molecule has 2 nitrogen and oxygen atoms in total. The SMILES string of the molecule is c1csc(-c2ccc3[nH]ccc3c2)n1. The molecule has 3 aromatic rings. The molecular weight excluding hydrogens is 192 g/mol. The first-order valence-electron chi connectivity index (χ1n) is 4.40. The number of hydrogen-bond donors (Lipinski definition) is 1. The van der Waals surface area contributed by atoms with Crippen LogP contribution in [0.15, 0.2) is 42.0 Å². The summed E-state index contributed by atoms with van der Waals surface area (Å²) >= 11 is 1.67. The number of nitrogens with one attached hydrogen (secondary N) is 1. The van der Waals surface area contributed by atoms with Crippen molar-refractivity contribution in [1.82, 2.24) is 9.97 Å². The Morgan fingerprint density at radius 2 is 2.21 bits per heavy atom. The van der Waals surface area contributed by atoms with E-state index in [-0.39, 0.29) is 0 Å². The number of benzene rings is 1.